The molecule has 2 aromatic carbocycles. The molecule has 0 fully saturated rings. The molecule has 0 saturated heterocycles. The van der Waals surface area contributed by atoms with Crippen LogP contribution in [0.15, 0.2) is 73.8 Å². The lowest BCUT2D eigenvalue weighted by Crippen LogP contribution is -2.37. The van der Waals surface area contributed by atoms with Gasteiger partial charge in [0.25, 0.3) is 10.8 Å². The van der Waals surface area contributed by atoms with E-state index in [1.165, 1.54) is 23.4 Å². The van der Waals surface area contributed by atoms with E-state index >= 15 is 0 Å². The van der Waals surface area contributed by atoms with E-state index in [1.54, 1.807) is 7.05 Å². The number of benzene rings is 2. The summed E-state index contributed by atoms with van der Waals surface area (Å²) in [6.45, 7) is 1.10. The van der Waals surface area contributed by atoms with Gasteiger partial charge in [0, 0.05) is 40.0 Å². The highest BCUT2D eigenvalue weighted by Crippen LogP contribution is 2.25. The van der Waals surface area contributed by atoms with Crippen LogP contribution in [0, 0.1) is 0 Å². The summed E-state index contributed by atoms with van der Waals surface area (Å²) in [5, 5.41) is 0.574. The minimum absolute atomic E-state index is 0.364. The highest BCUT2D eigenvalue weighted by atomic mass is 32.2. The molecule has 0 N–H and O–H groups in total. The molecule has 0 aliphatic carbocycles. The first-order valence-electron chi connectivity index (χ1n) is 10.8. The van der Waals surface area contributed by atoms with Gasteiger partial charge in [0.15, 0.2) is 16.7 Å². The Morgan fingerprint density at radius 3 is 2.47 bits per heavy atom. The van der Waals surface area contributed by atoms with Crippen molar-refractivity contribution in [3.8, 4) is 0 Å². The van der Waals surface area contributed by atoms with Crippen LogP contribution in [0.4, 0.5) is 5.95 Å². The van der Waals surface area contributed by atoms with Crippen molar-refractivity contribution < 1.29 is 4.42 Å². The van der Waals surface area contributed by atoms with Gasteiger partial charge >= 0.3 is 5.69 Å². The maximum Gasteiger partial charge on any atom is 0.332 e. The van der Waals surface area contributed by atoms with E-state index in [2.05, 4.69) is 4.98 Å². The van der Waals surface area contributed by atoms with Crippen LogP contribution in [-0.2, 0) is 27.2 Å². The number of anilines is 1. The summed E-state index contributed by atoms with van der Waals surface area (Å²) in [4.78, 5) is 36.8. The average Bonchev–Trinajstić information content (AvgIpc) is 3.43. The second-order valence-electron chi connectivity index (χ2n) is 8.08. The maximum atomic E-state index is 13.1. The lowest BCUT2D eigenvalue weighted by molar-refractivity contribution is 0.489. The molecule has 0 unspecified atom stereocenters. The van der Waals surface area contributed by atoms with Crippen LogP contribution in [0.3, 0.4) is 0 Å². The van der Waals surface area contributed by atoms with E-state index in [1.807, 2.05) is 71.1 Å². The normalized spacial score (nSPS) is 11.5. The first-order chi connectivity index (χ1) is 16.4. The van der Waals surface area contributed by atoms with Crippen LogP contribution >= 0.6 is 11.8 Å². The van der Waals surface area contributed by atoms with E-state index < -0.39 is 5.69 Å². The van der Waals surface area contributed by atoms with E-state index in [0.29, 0.717) is 41.2 Å². The van der Waals surface area contributed by atoms with Gasteiger partial charge < -0.3 is 13.9 Å². The summed E-state index contributed by atoms with van der Waals surface area (Å²) in [5.74, 6) is 1.23. The molecule has 0 radical (unpaired) electrons. The molecule has 0 aliphatic heterocycles. The predicted molar refractivity (Wildman–Crippen MR) is 133 cm³/mol. The van der Waals surface area contributed by atoms with Crippen molar-refractivity contribution >= 4 is 40.0 Å². The van der Waals surface area contributed by atoms with Crippen molar-refractivity contribution in [2.45, 2.75) is 18.3 Å². The van der Waals surface area contributed by atoms with Gasteiger partial charge in [0.1, 0.15) is 5.52 Å². The standard InChI is InChI=1S/C24H24N6O3S/c1-27(15-16-9-5-4-6-10-16)22-26-20-19(21(31)29(3)24(32)28(20)2)30(22)13-14-34-23-25-17-11-7-8-12-18(17)33-23/h4-12H,13-15H2,1-3H3. The number of rotatable bonds is 7. The van der Waals surface area contributed by atoms with E-state index in [4.69, 9.17) is 9.40 Å². The number of imidazole rings is 1. The molecule has 0 amide bonds. The number of hydrogen-bond acceptors (Lipinski definition) is 7. The summed E-state index contributed by atoms with van der Waals surface area (Å²) in [7, 11) is 5.05. The largest absolute Gasteiger partial charge is 0.431 e. The molecule has 0 aliphatic rings. The van der Waals surface area contributed by atoms with Crippen LogP contribution < -0.4 is 16.1 Å². The molecule has 0 spiro atoms. The number of oxazole rings is 1. The lowest BCUT2D eigenvalue weighted by Gasteiger charge is -2.19. The van der Waals surface area contributed by atoms with Crippen LogP contribution in [0.1, 0.15) is 5.56 Å². The third-order valence-electron chi connectivity index (χ3n) is 5.75. The second-order valence-corrected chi connectivity index (χ2v) is 9.13. The molecule has 9 nitrogen and oxygen atoms in total. The third kappa shape index (κ3) is 3.90. The fourth-order valence-corrected chi connectivity index (χ4v) is 4.76. The quantitative estimate of drug-likeness (QED) is 0.334. The number of aromatic nitrogens is 5. The van der Waals surface area contributed by atoms with Crippen LogP contribution in [-0.4, -0.2) is 36.5 Å². The molecule has 174 valence electrons. The Morgan fingerprint density at radius 2 is 1.71 bits per heavy atom. The number of nitrogens with zero attached hydrogens (tertiary/aromatic N) is 6. The van der Waals surface area contributed by atoms with Crippen molar-refractivity contribution in [3.05, 3.63) is 81.0 Å². The SMILES string of the molecule is CN(Cc1ccccc1)c1nc2c(c(=O)n(C)c(=O)n2C)n1CCSc1nc2ccccc2o1. The van der Waals surface area contributed by atoms with Crippen molar-refractivity contribution in [3.63, 3.8) is 0 Å². The molecule has 0 saturated carbocycles. The molecule has 34 heavy (non-hydrogen) atoms. The molecular weight excluding hydrogens is 452 g/mol. The molecule has 0 bridgehead atoms. The fraction of sp³-hybridized carbons (Fsp3) is 0.250. The van der Waals surface area contributed by atoms with Gasteiger partial charge in [-0.25, -0.2) is 9.78 Å². The minimum Gasteiger partial charge on any atom is -0.431 e. The highest BCUT2D eigenvalue weighted by molar-refractivity contribution is 7.99. The molecule has 3 heterocycles. The number of thioether (sulfide) groups is 1. The van der Waals surface area contributed by atoms with Crippen LogP contribution in [0.2, 0.25) is 0 Å². The van der Waals surface area contributed by atoms with Gasteiger partial charge in [0.2, 0.25) is 5.95 Å². The fourth-order valence-electron chi connectivity index (χ4n) is 4.00. The van der Waals surface area contributed by atoms with E-state index in [9.17, 15) is 9.59 Å². The Morgan fingerprint density at radius 1 is 0.971 bits per heavy atom. The topological polar surface area (TPSA) is 91.1 Å². The van der Waals surface area contributed by atoms with Crippen molar-refractivity contribution in [1.82, 2.24) is 23.7 Å². The summed E-state index contributed by atoms with van der Waals surface area (Å²) in [6, 6.07) is 17.7. The smallest absolute Gasteiger partial charge is 0.332 e. The monoisotopic (exact) mass is 476 g/mol. The molecule has 10 heteroatoms. The zero-order chi connectivity index (χ0) is 23.8. The van der Waals surface area contributed by atoms with E-state index in [0.717, 1.165) is 21.2 Å². The minimum atomic E-state index is -0.403. The predicted octanol–water partition coefficient (Wildman–Crippen LogP) is 3.00. The Kier molecular flexibility index (Phi) is 5.74. The summed E-state index contributed by atoms with van der Waals surface area (Å²) in [5.41, 5.74) is 2.67. The van der Waals surface area contributed by atoms with Crippen molar-refractivity contribution in [2.75, 3.05) is 17.7 Å². The zero-order valence-corrected chi connectivity index (χ0v) is 20.0. The highest BCUT2D eigenvalue weighted by Gasteiger charge is 2.21. The van der Waals surface area contributed by atoms with Gasteiger partial charge in [-0.2, -0.15) is 4.98 Å². The molecule has 5 rings (SSSR count). The zero-order valence-electron chi connectivity index (χ0n) is 19.1. The summed E-state index contributed by atoms with van der Waals surface area (Å²) < 4.78 is 10.2. The van der Waals surface area contributed by atoms with Gasteiger partial charge in [-0.1, -0.05) is 54.2 Å². The Hall–Kier alpha value is -3.79. The van der Waals surface area contributed by atoms with E-state index in [-0.39, 0.29) is 5.56 Å². The maximum absolute atomic E-state index is 13.1. The lowest BCUT2D eigenvalue weighted by atomic mass is 10.2. The van der Waals surface area contributed by atoms with Crippen LogP contribution in [0.5, 0.6) is 0 Å². The van der Waals surface area contributed by atoms with Gasteiger partial charge in [-0.05, 0) is 17.7 Å². The third-order valence-corrected chi connectivity index (χ3v) is 6.55. The molecule has 5 aromatic rings. The number of fused-ring (bicyclic) bond motifs is 2. The first kappa shape index (κ1) is 22.0. The summed E-state index contributed by atoms with van der Waals surface area (Å²) in [6.07, 6.45) is 0. The molecule has 0 atom stereocenters. The van der Waals surface area contributed by atoms with Gasteiger partial charge in [-0.15, -0.1) is 0 Å². The van der Waals surface area contributed by atoms with Gasteiger partial charge in [-0.3, -0.25) is 13.9 Å². The van der Waals surface area contributed by atoms with Gasteiger partial charge in [0.05, 0.1) is 0 Å². The molecule has 3 aromatic heterocycles. The van der Waals surface area contributed by atoms with Crippen molar-refractivity contribution in [1.29, 1.82) is 0 Å². The number of hydrogen-bond donors (Lipinski definition) is 0. The summed E-state index contributed by atoms with van der Waals surface area (Å²) >= 11 is 1.47. The Labute approximate surface area is 199 Å². The average molecular weight is 477 g/mol. The first-order valence-corrected chi connectivity index (χ1v) is 11.8. The van der Waals surface area contributed by atoms with Crippen molar-refractivity contribution in [2.24, 2.45) is 14.1 Å². The Bertz CT molecular complexity index is 1570. The Balaban J connectivity index is 1.51. The van der Waals surface area contributed by atoms with Crippen LogP contribution in [0.25, 0.3) is 22.3 Å². The number of para-hydroxylation sites is 2. The second kappa shape index (κ2) is 8.86. The number of aryl methyl sites for hydroxylation is 2. The molecular formula is C24H24N6O3S.